The number of sulfonamides is 1. The van der Waals surface area contributed by atoms with E-state index in [4.69, 9.17) is 4.74 Å². The zero-order valence-corrected chi connectivity index (χ0v) is 19.8. The Balaban J connectivity index is 1.49. The molecule has 10 nitrogen and oxygen atoms in total. The lowest BCUT2D eigenvalue weighted by molar-refractivity contribution is -0.118. The average Bonchev–Trinajstić information content (AvgIpc) is 3.25. The fourth-order valence-corrected chi connectivity index (χ4v) is 5.15. The molecule has 0 spiro atoms. The third-order valence-corrected chi connectivity index (χ3v) is 7.47. The van der Waals surface area contributed by atoms with Gasteiger partial charge in [-0.15, -0.1) is 0 Å². The van der Waals surface area contributed by atoms with E-state index in [-0.39, 0.29) is 35.4 Å². The normalized spacial score (nSPS) is 15.9. The maximum atomic E-state index is 13.0. The van der Waals surface area contributed by atoms with Gasteiger partial charge in [0.1, 0.15) is 6.04 Å². The SMILES string of the molecule is CC(C)[C@H](NC(=O)c1cccc(S(=O)(=O)N2CCOCC2)c1)C(=O)Nc1nc2ccccc2[nH]1. The minimum absolute atomic E-state index is 0.0230. The second-order valence-corrected chi connectivity index (χ2v) is 10.3. The van der Waals surface area contributed by atoms with Gasteiger partial charge in [0, 0.05) is 18.7 Å². The molecule has 1 aromatic heterocycles. The fourth-order valence-electron chi connectivity index (χ4n) is 3.70. The van der Waals surface area contributed by atoms with Gasteiger partial charge in [-0.25, -0.2) is 13.4 Å². The number of aromatic amines is 1. The number of H-pyrrole nitrogens is 1. The Morgan fingerprint density at radius 2 is 1.82 bits per heavy atom. The Bertz CT molecular complexity index is 1260. The molecule has 2 aromatic carbocycles. The standard InChI is InChI=1S/C23H27N5O5S/c1-15(2)20(22(30)27-23-24-18-8-3-4-9-19(18)25-23)26-21(29)16-6-5-7-17(14-16)34(31,32)28-10-12-33-13-11-28/h3-9,14-15,20H,10-13H2,1-2H3,(H,26,29)(H2,24,25,27,30)/t20-/m0/s1. The van der Waals surface area contributed by atoms with Gasteiger partial charge < -0.3 is 15.0 Å². The number of rotatable bonds is 7. The van der Waals surface area contributed by atoms with Crippen LogP contribution < -0.4 is 10.6 Å². The van der Waals surface area contributed by atoms with Crippen LogP contribution in [0.5, 0.6) is 0 Å². The predicted molar refractivity (Wildman–Crippen MR) is 127 cm³/mol. The van der Waals surface area contributed by atoms with E-state index in [1.165, 1.54) is 28.6 Å². The molecule has 2 amide bonds. The number of ether oxygens (including phenoxy) is 1. The number of amides is 2. The van der Waals surface area contributed by atoms with Gasteiger partial charge in [0.05, 0.1) is 29.1 Å². The van der Waals surface area contributed by atoms with Gasteiger partial charge in [0.25, 0.3) is 5.91 Å². The summed E-state index contributed by atoms with van der Waals surface area (Å²) in [5.74, 6) is -0.921. The highest BCUT2D eigenvalue weighted by Gasteiger charge is 2.29. The van der Waals surface area contributed by atoms with Gasteiger partial charge in [0.15, 0.2) is 0 Å². The highest BCUT2D eigenvalue weighted by molar-refractivity contribution is 7.89. The van der Waals surface area contributed by atoms with Crippen LogP contribution in [0.15, 0.2) is 53.4 Å². The lowest BCUT2D eigenvalue weighted by atomic mass is 10.0. The maximum absolute atomic E-state index is 13.0. The molecule has 1 aliphatic rings. The van der Waals surface area contributed by atoms with Crippen molar-refractivity contribution in [1.29, 1.82) is 0 Å². The van der Waals surface area contributed by atoms with E-state index in [0.717, 1.165) is 5.52 Å². The molecule has 0 radical (unpaired) electrons. The van der Waals surface area contributed by atoms with Crippen LogP contribution in [0.4, 0.5) is 5.95 Å². The quantitative estimate of drug-likeness (QED) is 0.469. The molecule has 3 N–H and O–H groups in total. The number of imidazole rings is 1. The molecule has 0 bridgehead atoms. The molecule has 4 rings (SSSR count). The molecule has 3 aromatic rings. The predicted octanol–water partition coefficient (Wildman–Crippen LogP) is 1.98. The maximum Gasteiger partial charge on any atom is 0.251 e. The van der Waals surface area contributed by atoms with Crippen molar-refractivity contribution in [2.24, 2.45) is 5.92 Å². The second kappa shape index (κ2) is 9.92. The zero-order chi connectivity index (χ0) is 24.3. The summed E-state index contributed by atoms with van der Waals surface area (Å²) in [7, 11) is -3.75. The first-order chi connectivity index (χ1) is 16.3. The van der Waals surface area contributed by atoms with Gasteiger partial charge in [-0.05, 0) is 36.2 Å². The summed E-state index contributed by atoms with van der Waals surface area (Å²) in [5, 5.41) is 5.44. The molecule has 2 heterocycles. The number of carbonyl (C=O) groups excluding carboxylic acids is 2. The second-order valence-electron chi connectivity index (χ2n) is 8.33. The van der Waals surface area contributed by atoms with Crippen LogP contribution in [-0.2, 0) is 19.6 Å². The summed E-state index contributed by atoms with van der Waals surface area (Å²) in [5.41, 5.74) is 1.64. The monoisotopic (exact) mass is 485 g/mol. The summed E-state index contributed by atoms with van der Waals surface area (Å²) in [6, 6.07) is 12.3. The molecule has 180 valence electrons. The van der Waals surface area contributed by atoms with Crippen LogP contribution in [0.2, 0.25) is 0 Å². The number of aromatic nitrogens is 2. The molecule has 1 fully saturated rings. The Labute approximate surface area is 197 Å². The van der Waals surface area contributed by atoms with Gasteiger partial charge in [0.2, 0.25) is 21.9 Å². The Kier molecular flexibility index (Phi) is 6.96. The number of carbonyl (C=O) groups is 2. The lowest BCUT2D eigenvalue weighted by Crippen LogP contribution is -2.47. The number of benzene rings is 2. The number of anilines is 1. The number of hydrogen-bond acceptors (Lipinski definition) is 6. The van der Waals surface area contributed by atoms with Crippen molar-refractivity contribution in [1.82, 2.24) is 19.6 Å². The Hall–Kier alpha value is -3.28. The third kappa shape index (κ3) is 5.11. The van der Waals surface area contributed by atoms with E-state index in [2.05, 4.69) is 20.6 Å². The highest BCUT2D eigenvalue weighted by atomic mass is 32.2. The van der Waals surface area contributed by atoms with Crippen molar-refractivity contribution >= 4 is 38.8 Å². The van der Waals surface area contributed by atoms with E-state index < -0.39 is 27.9 Å². The van der Waals surface area contributed by atoms with Crippen molar-refractivity contribution in [2.45, 2.75) is 24.8 Å². The van der Waals surface area contributed by atoms with Crippen LogP contribution in [0, 0.1) is 5.92 Å². The van der Waals surface area contributed by atoms with E-state index in [0.29, 0.717) is 18.7 Å². The van der Waals surface area contributed by atoms with Crippen molar-refractivity contribution in [2.75, 3.05) is 31.6 Å². The molecule has 1 atom stereocenters. The largest absolute Gasteiger partial charge is 0.379 e. The van der Waals surface area contributed by atoms with E-state index in [1.807, 2.05) is 38.1 Å². The van der Waals surface area contributed by atoms with Crippen LogP contribution in [0.25, 0.3) is 11.0 Å². The molecular weight excluding hydrogens is 458 g/mol. The van der Waals surface area contributed by atoms with Crippen molar-refractivity contribution in [3.05, 3.63) is 54.1 Å². The minimum Gasteiger partial charge on any atom is -0.379 e. The molecule has 1 saturated heterocycles. The van der Waals surface area contributed by atoms with E-state index in [9.17, 15) is 18.0 Å². The minimum atomic E-state index is -3.75. The topological polar surface area (TPSA) is 133 Å². The number of morpholine rings is 1. The van der Waals surface area contributed by atoms with Gasteiger partial charge in [-0.2, -0.15) is 4.31 Å². The van der Waals surface area contributed by atoms with E-state index in [1.54, 1.807) is 0 Å². The molecule has 34 heavy (non-hydrogen) atoms. The van der Waals surface area contributed by atoms with Crippen LogP contribution in [0.3, 0.4) is 0 Å². The van der Waals surface area contributed by atoms with Gasteiger partial charge in [-0.1, -0.05) is 32.0 Å². The number of fused-ring (bicyclic) bond motifs is 1. The van der Waals surface area contributed by atoms with Crippen molar-refractivity contribution in [3.63, 3.8) is 0 Å². The molecule has 11 heteroatoms. The first kappa shape index (κ1) is 23.9. The summed E-state index contributed by atoms with van der Waals surface area (Å²) in [4.78, 5) is 33.3. The van der Waals surface area contributed by atoms with Crippen LogP contribution in [-0.4, -0.2) is 66.9 Å². The molecular formula is C23H27N5O5S. The fraction of sp³-hybridized carbons (Fsp3) is 0.348. The first-order valence-electron chi connectivity index (χ1n) is 11.0. The van der Waals surface area contributed by atoms with Crippen LogP contribution >= 0.6 is 0 Å². The van der Waals surface area contributed by atoms with Crippen molar-refractivity contribution < 1.29 is 22.7 Å². The first-order valence-corrected chi connectivity index (χ1v) is 12.4. The van der Waals surface area contributed by atoms with Crippen molar-refractivity contribution in [3.8, 4) is 0 Å². The number of nitrogens with one attached hydrogen (secondary N) is 3. The summed E-state index contributed by atoms with van der Waals surface area (Å²) < 4.78 is 32.4. The number of hydrogen-bond donors (Lipinski definition) is 3. The molecule has 0 aliphatic carbocycles. The Morgan fingerprint density at radius 1 is 1.09 bits per heavy atom. The summed E-state index contributed by atoms with van der Waals surface area (Å²) >= 11 is 0. The average molecular weight is 486 g/mol. The number of nitrogens with zero attached hydrogens (tertiary/aromatic N) is 2. The summed E-state index contributed by atoms with van der Waals surface area (Å²) in [6.07, 6.45) is 0. The molecule has 0 saturated carbocycles. The summed E-state index contributed by atoms with van der Waals surface area (Å²) in [6.45, 7) is 4.79. The smallest absolute Gasteiger partial charge is 0.251 e. The Morgan fingerprint density at radius 3 is 2.53 bits per heavy atom. The van der Waals surface area contributed by atoms with Gasteiger partial charge >= 0.3 is 0 Å². The third-order valence-electron chi connectivity index (χ3n) is 5.57. The zero-order valence-electron chi connectivity index (χ0n) is 18.9. The molecule has 1 aliphatic heterocycles. The van der Waals surface area contributed by atoms with E-state index >= 15 is 0 Å². The highest BCUT2D eigenvalue weighted by Crippen LogP contribution is 2.19. The van der Waals surface area contributed by atoms with Crippen LogP contribution in [0.1, 0.15) is 24.2 Å². The lowest BCUT2D eigenvalue weighted by Gasteiger charge is -2.26. The van der Waals surface area contributed by atoms with Gasteiger partial charge in [-0.3, -0.25) is 14.9 Å². The molecule has 0 unspecified atom stereocenters. The number of para-hydroxylation sites is 2.